The Morgan fingerprint density at radius 3 is 2.71 bits per heavy atom. The molecule has 24 heavy (non-hydrogen) atoms. The van der Waals surface area contributed by atoms with Crippen molar-refractivity contribution in [3.63, 3.8) is 0 Å². The van der Waals surface area contributed by atoms with Crippen molar-refractivity contribution in [2.75, 3.05) is 23.4 Å². The van der Waals surface area contributed by atoms with Gasteiger partial charge in [-0.3, -0.25) is 9.59 Å². The molecule has 2 aromatic carbocycles. The zero-order valence-corrected chi connectivity index (χ0v) is 13.6. The van der Waals surface area contributed by atoms with E-state index in [4.69, 9.17) is 4.74 Å². The maximum atomic E-state index is 12.1. The first-order chi connectivity index (χ1) is 11.6. The molecule has 0 aliphatic carbocycles. The van der Waals surface area contributed by atoms with Crippen molar-refractivity contribution >= 4 is 23.2 Å². The fraction of sp³-hybridized carbons (Fsp3) is 0.263. The molecule has 1 aliphatic heterocycles. The molecule has 124 valence electrons. The predicted octanol–water partition coefficient (Wildman–Crippen LogP) is 3.14. The maximum absolute atomic E-state index is 12.1. The smallest absolute Gasteiger partial charge is 0.262 e. The summed E-state index contributed by atoms with van der Waals surface area (Å²) in [5.41, 5.74) is 2.54. The van der Waals surface area contributed by atoms with Crippen LogP contribution in [0.15, 0.2) is 48.5 Å². The Bertz CT molecular complexity index is 744. The van der Waals surface area contributed by atoms with Crippen LogP contribution in [-0.2, 0) is 9.59 Å². The molecule has 0 saturated carbocycles. The van der Waals surface area contributed by atoms with E-state index in [-0.39, 0.29) is 18.4 Å². The Morgan fingerprint density at radius 2 is 2.00 bits per heavy atom. The third kappa shape index (κ3) is 3.74. The van der Waals surface area contributed by atoms with Gasteiger partial charge in [0.2, 0.25) is 5.91 Å². The second-order valence-corrected chi connectivity index (χ2v) is 5.80. The lowest BCUT2D eigenvalue weighted by Gasteiger charge is -2.19. The van der Waals surface area contributed by atoms with Gasteiger partial charge >= 0.3 is 0 Å². The number of nitrogens with zero attached hydrogens (tertiary/aromatic N) is 1. The number of benzene rings is 2. The lowest BCUT2D eigenvalue weighted by atomic mass is 10.1. The molecule has 0 radical (unpaired) electrons. The highest BCUT2D eigenvalue weighted by Crippen LogP contribution is 2.28. The number of rotatable bonds is 5. The van der Waals surface area contributed by atoms with Crippen LogP contribution in [0.2, 0.25) is 0 Å². The SMILES string of the molecule is Cc1ccc(NC(=O)COc2ccccc2)cc1N1CCCC1=O. The van der Waals surface area contributed by atoms with E-state index in [1.807, 2.05) is 43.3 Å². The Labute approximate surface area is 141 Å². The van der Waals surface area contributed by atoms with E-state index in [2.05, 4.69) is 5.32 Å². The van der Waals surface area contributed by atoms with Gasteiger partial charge in [-0.2, -0.15) is 0 Å². The molecular formula is C19H20N2O3. The number of carbonyl (C=O) groups excluding carboxylic acids is 2. The Hall–Kier alpha value is -2.82. The first-order valence-electron chi connectivity index (χ1n) is 8.02. The van der Waals surface area contributed by atoms with Crippen LogP contribution in [0.25, 0.3) is 0 Å². The lowest BCUT2D eigenvalue weighted by molar-refractivity contribution is -0.118. The highest BCUT2D eigenvalue weighted by atomic mass is 16.5. The average molecular weight is 324 g/mol. The molecule has 1 fully saturated rings. The van der Waals surface area contributed by atoms with Crippen LogP contribution < -0.4 is 15.0 Å². The summed E-state index contributed by atoms with van der Waals surface area (Å²) in [6, 6.07) is 14.8. The van der Waals surface area contributed by atoms with Crippen LogP contribution in [0.4, 0.5) is 11.4 Å². The number of hydrogen-bond donors (Lipinski definition) is 1. The van der Waals surface area contributed by atoms with E-state index in [1.165, 1.54) is 0 Å². The van der Waals surface area contributed by atoms with Crippen molar-refractivity contribution in [3.05, 3.63) is 54.1 Å². The Balaban J connectivity index is 1.64. The van der Waals surface area contributed by atoms with Gasteiger partial charge in [0.25, 0.3) is 5.91 Å². The van der Waals surface area contributed by atoms with Crippen molar-refractivity contribution in [2.24, 2.45) is 0 Å². The summed E-state index contributed by atoms with van der Waals surface area (Å²) >= 11 is 0. The number of nitrogens with one attached hydrogen (secondary N) is 1. The third-order valence-electron chi connectivity index (χ3n) is 3.97. The normalized spacial score (nSPS) is 13.9. The Kier molecular flexibility index (Phi) is 4.79. The minimum Gasteiger partial charge on any atom is -0.484 e. The number of anilines is 2. The Morgan fingerprint density at radius 1 is 1.21 bits per heavy atom. The second kappa shape index (κ2) is 7.17. The van der Waals surface area contributed by atoms with Gasteiger partial charge in [-0.25, -0.2) is 0 Å². The van der Waals surface area contributed by atoms with Crippen LogP contribution in [0.1, 0.15) is 18.4 Å². The van der Waals surface area contributed by atoms with Crippen LogP contribution in [0, 0.1) is 6.92 Å². The van der Waals surface area contributed by atoms with Gasteiger partial charge in [0.05, 0.1) is 0 Å². The lowest BCUT2D eigenvalue weighted by Crippen LogP contribution is -2.25. The maximum Gasteiger partial charge on any atom is 0.262 e. The summed E-state index contributed by atoms with van der Waals surface area (Å²) in [6.07, 6.45) is 1.46. The van der Waals surface area contributed by atoms with E-state index in [0.29, 0.717) is 17.9 Å². The first-order valence-corrected chi connectivity index (χ1v) is 8.02. The van der Waals surface area contributed by atoms with Gasteiger partial charge in [0.1, 0.15) is 5.75 Å². The van der Waals surface area contributed by atoms with Crippen LogP contribution >= 0.6 is 0 Å². The zero-order valence-electron chi connectivity index (χ0n) is 13.6. The molecule has 1 N–H and O–H groups in total. The molecule has 2 amide bonds. The minimum absolute atomic E-state index is 0.0597. The number of amides is 2. The summed E-state index contributed by atoms with van der Waals surface area (Å²) in [4.78, 5) is 25.8. The monoisotopic (exact) mass is 324 g/mol. The van der Waals surface area contributed by atoms with Crippen LogP contribution in [0.3, 0.4) is 0 Å². The molecule has 1 saturated heterocycles. The van der Waals surface area contributed by atoms with Gasteiger partial charge in [-0.05, 0) is 43.2 Å². The largest absolute Gasteiger partial charge is 0.484 e. The molecule has 0 atom stereocenters. The molecule has 1 aliphatic rings. The van der Waals surface area contributed by atoms with Gasteiger partial charge in [-0.1, -0.05) is 24.3 Å². The molecule has 0 spiro atoms. The molecule has 0 unspecified atom stereocenters. The van der Waals surface area contributed by atoms with Crippen molar-refractivity contribution in [1.82, 2.24) is 0 Å². The van der Waals surface area contributed by atoms with E-state index in [9.17, 15) is 9.59 Å². The standard InChI is InChI=1S/C19H20N2O3/c1-14-9-10-15(12-17(14)21-11-5-8-19(21)23)20-18(22)13-24-16-6-3-2-4-7-16/h2-4,6-7,9-10,12H,5,8,11,13H2,1H3,(H,20,22). The molecule has 3 rings (SSSR count). The molecule has 2 aromatic rings. The number of para-hydroxylation sites is 1. The van der Waals surface area contributed by atoms with Gasteiger partial charge in [0.15, 0.2) is 6.61 Å². The third-order valence-corrected chi connectivity index (χ3v) is 3.97. The summed E-state index contributed by atoms with van der Waals surface area (Å²) < 4.78 is 5.43. The zero-order chi connectivity index (χ0) is 16.9. The topological polar surface area (TPSA) is 58.6 Å². The summed E-state index contributed by atoms with van der Waals surface area (Å²) in [5, 5.41) is 2.82. The quantitative estimate of drug-likeness (QED) is 0.919. The van der Waals surface area contributed by atoms with Crippen molar-refractivity contribution in [2.45, 2.75) is 19.8 Å². The summed E-state index contributed by atoms with van der Waals surface area (Å²) in [6.45, 7) is 2.63. The molecule has 5 nitrogen and oxygen atoms in total. The van der Waals surface area contributed by atoms with Gasteiger partial charge in [0, 0.05) is 24.3 Å². The van der Waals surface area contributed by atoms with E-state index in [0.717, 1.165) is 24.2 Å². The fourth-order valence-corrected chi connectivity index (χ4v) is 2.74. The number of hydrogen-bond acceptors (Lipinski definition) is 3. The van der Waals surface area contributed by atoms with Gasteiger partial charge < -0.3 is 15.0 Å². The highest BCUT2D eigenvalue weighted by Gasteiger charge is 2.23. The van der Waals surface area contributed by atoms with E-state index < -0.39 is 0 Å². The summed E-state index contributed by atoms with van der Waals surface area (Å²) in [5.74, 6) is 0.551. The first kappa shape index (κ1) is 16.1. The highest BCUT2D eigenvalue weighted by molar-refractivity contribution is 5.98. The minimum atomic E-state index is -0.235. The number of aryl methyl sites for hydroxylation is 1. The molecule has 1 heterocycles. The molecule has 0 aromatic heterocycles. The fourth-order valence-electron chi connectivity index (χ4n) is 2.74. The van der Waals surface area contributed by atoms with Gasteiger partial charge in [-0.15, -0.1) is 0 Å². The molecular weight excluding hydrogens is 304 g/mol. The second-order valence-electron chi connectivity index (χ2n) is 5.80. The predicted molar refractivity (Wildman–Crippen MR) is 93.3 cm³/mol. The van der Waals surface area contributed by atoms with E-state index >= 15 is 0 Å². The van der Waals surface area contributed by atoms with Crippen LogP contribution in [0.5, 0.6) is 5.75 Å². The molecule has 5 heteroatoms. The number of ether oxygens (including phenoxy) is 1. The van der Waals surface area contributed by atoms with Crippen molar-refractivity contribution in [3.8, 4) is 5.75 Å². The van der Waals surface area contributed by atoms with Crippen LogP contribution in [-0.4, -0.2) is 25.0 Å². The van der Waals surface area contributed by atoms with Crippen molar-refractivity contribution < 1.29 is 14.3 Å². The number of carbonyl (C=O) groups is 2. The molecule has 0 bridgehead atoms. The van der Waals surface area contributed by atoms with E-state index in [1.54, 1.807) is 17.0 Å². The summed E-state index contributed by atoms with van der Waals surface area (Å²) in [7, 11) is 0. The van der Waals surface area contributed by atoms with Crippen molar-refractivity contribution in [1.29, 1.82) is 0 Å². The average Bonchev–Trinajstić information content (AvgIpc) is 3.01.